The predicted molar refractivity (Wildman–Crippen MR) is 111 cm³/mol. The summed E-state index contributed by atoms with van der Waals surface area (Å²) in [6.45, 7) is 2.12. The zero-order valence-corrected chi connectivity index (χ0v) is 16.0. The Kier molecular flexibility index (Phi) is 5.33. The number of rotatable bonds is 5. The third-order valence-corrected chi connectivity index (χ3v) is 5.09. The van der Waals surface area contributed by atoms with Crippen LogP contribution in [0.2, 0.25) is 0 Å². The van der Waals surface area contributed by atoms with E-state index in [0.29, 0.717) is 0 Å². The molecule has 0 saturated heterocycles. The molecule has 0 bridgehead atoms. The fraction of sp³-hybridized carbons (Fsp3) is 0.261. The standard InChI is InChI=1S/C23H24N4O/c1-16-24-13-12-21(26-16)18-8-4-9-19(14-18)25-15-23(28)27-22-11-5-7-17-6-2-3-10-20(17)22/h2-4,6,8-10,12-14,22,25H,5,7,11,15H2,1H3,(H,27,28)/t22-/m1/s1. The van der Waals surface area contributed by atoms with Crippen LogP contribution in [0.15, 0.2) is 60.8 Å². The number of benzene rings is 2. The van der Waals surface area contributed by atoms with Crippen LogP contribution in [-0.2, 0) is 11.2 Å². The number of hydrogen-bond acceptors (Lipinski definition) is 4. The second kappa shape index (κ2) is 8.21. The highest BCUT2D eigenvalue weighted by molar-refractivity contribution is 5.81. The predicted octanol–water partition coefficient (Wildman–Crippen LogP) is 4.06. The first-order chi connectivity index (χ1) is 13.7. The van der Waals surface area contributed by atoms with Crippen molar-refractivity contribution in [2.24, 2.45) is 0 Å². The van der Waals surface area contributed by atoms with Crippen molar-refractivity contribution in [2.75, 3.05) is 11.9 Å². The van der Waals surface area contributed by atoms with E-state index in [1.165, 1.54) is 11.1 Å². The molecule has 0 radical (unpaired) electrons. The normalized spacial score (nSPS) is 15.5. The van der Waals surface area contributed by atoms with Crippen molar-refractivity contribution >= 4 is 11.6 Å². The largest absolute Gasteiger partial charge is 0.376 e. The van der Waals surface area contributed by atoms with Gasteiger partial charge in [-0.05, 0) is 55.5 Å². The Morgan fingerprint density at radius 1 is 1.14 bits per heavy atom. The Morgan fingerprint density at radius 2 is 2.04 bits per heavy atom. The van der Waals surface area contributed by atoms with Crippen LogP contribution in [0, 0.1) is 6.92 Å². The second-order valence-electron chi connectivity index (χ2n) is 7.13. The molecule has 0 aliphatic heterocycles. The maximum atomic E-state index is 12.5. The highest BCUT2D eigenvalue weighted by Crippen LogP contribution is 2.29. The molecular formula is C23H24N4O. The Balaban J connectivity index is 1.39. The summed E-state index contributed by atoms with van der Waals surface area (Å²) < 4.78 is 0. The van der Waals surface area contributed by atoms with Crippen LogP contribution >= 0.6 is 0 Å². The number of nitrogens with one attached hydrogen (secondary N) is 2. The van der Waals surface area contributed by atoms with Gasteiger partial charge in [-0.3, -0.25) is 4.79 Å². The molecule has 3 aromatic rings. The van der Waals surface area contributed by atoms with Crippen LogP contribution in [0.25, 0.3) is 11.3 Å². The summed E-state index contributed by atoms with van der Waals surface area (Å²) >= 11 is 0. The second-order valence-corrected chi connectivity index (χ2v) is 7.13. The molecular weight excluding hydrogens is 348 g/mol. The van der Waals surface area contributed by atoms with Crippen molar-refractivity contribution in [1.29, 1.82) is 0 Å². The van der Waals surface area contributed by atoms with Gasteiger partial charge in [-0.15, -0.1) is 0 Å². The Hall–Kier alpha value is -3.21. The van der Waals surface area contributed by atoms with Gasteiger partial charge in [0.25, 0.3) is 0 Å². The molecule has 28 heavy (non-hydrogen) atoms. The number of amides is 1. The van der Waals surface area contributed by atoms with E-state index in [-0.39, 0.29) is 18.5 Å². The number of carbonyl (C=O) groups excluding carboxylic acids is 1. The van der Waals surface area contributed by atoms with Crippen LogP contribution in [0.3, 0.4) is 0 Å². The van der Waals surface area contributed by atoms with Gasteiger partial charge in [-0.25, -0.2) is 9.97 Å². The Morgan fingerprint density at radius 3 is 2.93 bits per heavy atom. The van der Waals surface area contributed by atoms with Crippen LogP contribution in [-0.4, -0.2) is 22.4 Å². The highest BCUT2D eigenvalue weighted by atomic mass is 16.1. The zero-order valence-electron chi connectivity index (χ0n) is 16.0. The maximum absolute atomic E-state index is 12.5. The van der Waals surface area contributed by atoms with Gasteiger partial charge in [0.15, 0.2) is 0 Å². The average Bonchev–Trinajstić information content (AvgIpc) is 2.73. The Labute approximate surface area is 165 Å². The summed E-state index contributed by atoms with van der Waals surface area (Å²) in [5, 5.41) is 6.40. The van der Waals surface area contributed by atoms with E-state index in [1.807, 2.05) is 43.3 Å². The fourth-order valence-electron chi connectivity index (χ4n) is 3.74. The molecule has 4 rings (SSSR count). The summed E-state index contributed by atoms with van der Waals surface area (Å²) in [5.41, 5.74) is 5.37. The lowest BCUT2D eigenvalue weighted by molar-refractivity contribution is -0.120. The van der Waals surface area contributed by atoms with E-state index in [9.17, 15) is 4.79 Å². The first-order valence-electron chi connectivity index (χ1n) is 9.70. The quantitative estimate of drug-likeness (QED) is 0.709. The van der Waals surface area contributed by atoms with E-state index in [2.05, 4.69) is 38.8 Å². The molecule has 1 heterocycles. The minimum absolute atomic E-state index is 0.00462. The zero-order chi connectivity index (χ0) is 19.3. The van der Waals surface area contributed by atoms with Gasteiger partial charge in [0.2, 0.25) is 5.91 Å². The summed E-state index contributed by atoms with van der Waals surface area (Å²) in [6, 6.07) is 18.3. The maximum Gasteiger partial charge on any atom is 0.239 e. The summed E-state index contributed by atoms with van der Waals surface area (Å²) in [5.74, 6) is 0.744. The Bertz CT molecular complexity index is 986. The van der Waals surface area contributed by atoms with Gasteiger partial charge in [-0.2, -0.15) is 0 Å². The van der Waals surface area contributed by atoms with E-state index in [0.717, 1.165) is 42.0 Å². The SMILES string of the molecule is Cc1nccc(-c2cccc(NCC(=O)N[C@@H]3CCCc4ccccc43)c2)n1. The monoisotopic (exact) mass is 372 g/mol. The van der Waals surface area contributed by atoms with Crippen LogP contribution in [0.1, 0.15) is 35.8 Å². The lowest BCUT2D eigenvalue weighted by Crippen LogP contribution is -2.35. The molecule has 2 aromatic carbocycles. The van der Waals surface area contributed by atoms with Crippen molar-refractivity contribution < 1.29 is 4.79 Å². The first kappa shape index (κ1) is 18.2. The van der Waals surface area contributed by atoms with Gasteiger partial charge in [0.1, 0.15) is 5.82 Å². The lowest BCUT2D eigenvalue weighted by Gasteiger charge is -2.26. The molecule has 1 atom stereocenters. The number of nitrogens with zero attached hydrogens (tertiary/aromatic N) is 2. The van der Waals surface area contributed by atoms with Gasteiger partial charge in [0, 0.05) is 17.4 Å². The highest BCUT2D eigenvalue weighted by Gasteiger charge is 2.21. The molecule has 2 N–H and O–H groups in total. The molecule has 0 spiro atoms. The van der Waals surface area contributed by atoms with Crippen molar-refractivity contribution in [1.82, 2.24) is 15.3 Å². The number of aryl methyl sites for hydroxylation is 2. The summed E-state index contributed by atoms with van der Waals surface area (Å²) in [6.07, 6.45) is 4.95. The van der Waals surface area contributed by atoms with E-state index >= 15 is 0 Å². The number of anilines is 1. The minimum atomic E-state index is 0.00462. The molecule has 1 aliphatic carbocycles. The molecule has 1 aromatic heterocycles. The number of hydrogen-bond donors (Lipinski definition) is 2. The van der Waals surface area contributed by atoms with Gasteiger partial charge >= 0.3 is 0 Å². The van der Waals surface area contributed by atoms with Gasteiger partial charge < -0.3 is 10.6 Å². The van der Waals surface area contributed by atoms with E-state index in [4.69, 9.17) is 0 Å². The fourth-order valence-corrected chi connectivity index (χ4v) is 3.74. The third-order valence-electron chi connectivity index (χ3n) is 5.09. The van der Waals surface area contributed by atoms with Gasteiger partial charge in [-0.1, -0.05) is 36.4 Å². The smallest absolute Gasteiger partial charge is 0.239 e. The van der Waals surface area contributed by atoms with Crippen LogP contribution in [0.4, 0.5) is 5.69 Å². The van der Waals surface area contributed by atoms with Crippen molar-refractivity contribution in [3.8, 4) is 11.3 Å². The minimum Gasteiger partial charge on any atom is -0.376 e. The van der Waals surface area contributed by atoms with Crippen molar-refractivity contribution in [3.05, 3.63) is 77.7 Å². The first-order valence-corrected chi connectivity index (χ1v) is 9.70. The molecule has 5 heteroatoms. The third kappa shape index (κ3) is 4.19. The van der Waals surface area contributed by atoms with E-state index < -0.39 is 0 Å². The molecule has 1 aliphatic rings. The molecule has 0 unspecified atom stereocenters. The summed E-state index contributed by atoms with van der Waals surface area (Å²) in [4.78, 5) is 21.1. The van der Waals surface area contributed by atoms with Crippen molar-refractivity contribution in [2.45, 2.75) is 32.2 Å². The van der Waals surface area contributed by atoms with Crippen LogP contribution in [0.5, 0.6) is 0 Å². The number of fused-ring (bicyclic) bond motifs is 1. The average molecular weight is 372 g/mol. The molecule has 0 fully saturated rings. The van der Waals surface area contributed by atoms with E-state index in [1.54, 1.807) is 6.20 Å². The molecule has 1 amide bonds. The molecule has 5 nitrogen and oxygen atoms in total. The number of carbonyl (C=O) groups is 1. The molecule has 142 valence electrons. The number of aromatic nitrogens is 2. The lowest BCUT2D eigenvalue weighted by atomic mass is 9.88. The topological polar surface area (TPSA) is 66.9 Å². The van der Waals surface area contributed by atoms with Crippen LogP contribution < -0.4 is 10.6 Å². The molecule has 0 saturated carbocycles. The summed E-state index contributed by atoms with van der Waals surface area (Å²) in [7, 11) is 0. The van der Waals surface area contributed by atoms with Crippen molar-refractivity contribution in [3.63, 3.8) is 0 Å². The van der Waals surface area contributed by atoms with Gasteiger partial charge in [0.05, 0.1) is 18.3 Å².